The summed E-state index contributed by atoms with van der Waals surface area (Å²) in [6.45, 7) is 0.868. The maximum atomic E-state index is 12.5. The molecule has 17 heavy (non-hydrogen) atoms. The van der Waals surface area contributed by atoms with Crippen LogP contribution in [-0.4, -0.2) is 11.3 Å². The van der Waals surface area contributed by atoms with E-state index in [9.17, 15) is 26.3 Å². The Bertz CT molecular complexity index is 427. The van der Waals surface area contributed by atoms with Crippen LogP contribution in [0.5, 0.6) is 5.88 Å². The second kappa shape index (κ2) is 4.50. The molecule has 0 N–H and O–H groups in total. The van der Waals surface area contributed by atoms with E-state index in [1.54, 1.807) is 0 Å². The first-order valence-electron chi connectivity index (χ1n) is 4.01. The Morgan fingerprint density at radius 1 is 1.18 bits per heavy atom. The molecule has 9 heteroatoms. The van der Waals surface area contributed by atoms with Gasteiger partial charge in [0.15, 0.2) is 0 Å². The van der Waals surface area contributed by atoms with E-state index in [1.807, 2.05) is 0 Å². The maximum Gasteiger partial charge on any atom is 0.574 e. The zero-order valence-electron chi connectivity index (χ0n) is 8.08. The van der Waals surface area contributed by atoms with Crippen molar-refractivity contribution in [2.24, 2.45) is 0 Å². The average molecular weight is 371 g/mol. The van der Waals surface area contributed by atoms with Gasteiger partial charge in [-0.2, -0.15) is 13.2 Å². The minimum Gasteiger partial charge on any atom is -0.388 e. The van der Waals surface area contributed by atoms with Crippen LogP contribution in [0.25, 0.3) is 0 Å². The van der Waals surface area contributed by atoms with Crippen LogP contribution in [0.4, 0.5) is 26.3 Å². The first-order valence-corrected chi connectivity index (χ1v) is 5.08. The molecule has 1 heterocycles. The molecule has 96 valence electrons. The number of ether oxygens (including phenoxy) is 1. The van der Waals surface area contributed by atoms with Crippen LogP contribution in [0.2, 0.25) is 0 Å². The largest absolute Gasteiger partial charge is 0.574 e. The highest BCUT2D eigenvalue weighted by Crippen LogP contribution is 2.36. The van der Waals surface area contributed by atoms with Gasteiger partial charge in [0.25, 0.3) is 0 Å². The van der Waals surface area contributed by atoms with Crippen molar-refractivity contribution < 1.29 is 31.1 Å². The van der Waals surface area contributed by atoms with Gasteiger partial charge in [-0.3, -0.25) is 0 Å². The molecule has 0 radical (unpaired) electrons. The third-order valence-electron chi connectivity index (χ3n) is 1.71. The molecule has 0 unspecified atom stereocenters. The molecule has 0 fully saturated rings. The monoisotopic (exact) mass is 371 g/mol. The molecule has 0 aliphatic rings. The topological polar surface area (TPSA) is 22.1 Å². The number of alkyl halides is 6. The number of pyridine rings is 1. The van der Waals surface area contributed by atoms with Crippen molar-refractivity contribution in [3.63, 3.8) is 0 Å². The van der Waals surface area contributed by atoms with Crippen LogP contribution in [0.15, 0.2) is 6.07 Å². The van der Waals surface area contributed by atoms with Gasteiger partial charge in [0.1, 0.15) is 3.70 Å². The molecule has 1 aromatic heterocycles. The molecule has 2 nitrogen and oxygen atoms in total. The maximum absolute atomic E-state index is 12.5. The van der Waals surface area contributed by atoms with Crippen LogP contribution < -0.4 is 4.74 Å². The quantitative estimate of drug-likeness (QED) is 0.424. The highest BCUT2D eigenvalue weighted by atomic mass is 127. The molecule has 0 aromatic carbocycles. The Labute approximate surface area is 105 Å². The lowest BCUT2D eigenvalue weighted by Gasteiger charge is -2.15. The van der Waals surface area contributed by atoms with E-state index in [4.69, 9.17) is 0 Å². The summed E-state index contributed by atoms with van der Waals surface area (Å²) >= 11 is 1.38. The fraction of sp³-hybridized carbons (Fsp3) is 0.375. The van der Waals surface area contributed by atoms with Gasteiger partial charge in [0, 0.05) is 5.56 Å². The summed E-state index contributed by atoms with van der Waals surface area (Å²) in [6, 6.07) is 0.652. The fourth-order valence-corrected chi connectivity index (χ4v) is 1.59. The molecule has 0 bridgehead atoms. The summed E-state index contributed by atoms with van der Waals surface area (Å²) in [4.78, 5) is 3.28. The fourth-order valence-electron chi connectivity index (χ4n) is 1.06. The lowest BCUT2D eigenvalue weighted by Crippen LogP contribution is -2.20. The number of aromatic nitrogens is 1. The molecule has 0 aliphatic carbocycles. The summed E-state index contributed by atoms with van der Waals surface area (Å²) in [6.07, 6.45) is -9.83. The molecule has 0 spiro atoms. The predicted octanol–water partition coefficient (Wildman–Crippen LogP) is 3.91. The Hall–Kier alpha value is -0.740. The predicted molar refractivity (Wildman–Crippen MR) is 53.4 cm³/mol. The summed E-state index contributed by atoms with van der Waals surface area (Å²) in [7, 11) is 0. The highest BCUT2D eigenvalue weighted by molar-refractivity contribution is 14.1. The van der Waals surface area contributed by atoms with Gasteiger partial charge in [-0.15, -0.1) is 13.2 Å². The number of halogens is 7. The van der Waals surface area contributed by atoms with Crippen molar-refractivity contribution in [1.82, 2.24) is 4.98 Å². The van der Waals surface area contributed by atoms with Crippen LogP contribution >= 0.6 is 22.6 Å². The number of rotatable bonds is 1. The second-order valence-electron chi connectivity index (χ2n) is 2.97. The molecule has 1 rings (SSSR count). The Balaban J connectivity index is 3.29. The lowest BCUT2D eigenvalue weighted by atomic mass is 10.1. The molecule has 0 amide bonds. The van der Waals surface area contributed by atoms with E-state index in [0.29, 0.717) is 6.07 Å². The van der Waals surface area contributed by atoms with Gasteiger partial charge in [-0.1, -0.05) is 0 Å². The van der Waals surface area contributed by atoms with E-state index in [-0.39, 0.29) is 3.70 Å². The summed E-state index contributed by atoms with van der Waals surface area (Å²) in [5, 5.41) is 0. The average Bonchev–Trinajstić information content (AvgIpc) is 2.06. The summed E-state index contributed by atoms with van der Waals surface area (Å²) in [5.41, 5.74) is -1.90. The van der Waals surface area contributed by atoms with Crippen LogP contribution in [0.3, 0.4) is 0 Å². The zero-order valence-corrected chi connectivity index (χ0v) is 10.2. The van der Waals surface area contributed by atoms with Gasteiger partial charge < -0.3 is 4.74 Å². The first kappa shape index (κ1) is 14.3. The SMILES string of the molecule is Cc1c(C(F)(F)F)cc(I)nc1OC(F)(F)F. The van der Waals surface area contributed by atoms with Crippen molar-refractivity contribution in [2.45, 2.75) is 19.5 Å². The van der Waals surface area contributed by atoms with Gasteiger partial charge in [0.05, 0.1) is 5.56 Å². The molecule has 0 saturated carbocycles. The molecular weight excluding hydrogens is 367 g/mol. The van der Waals surface area contributed by atoms with Gasteiger partial charge in [0.2, 0.25) is 5.88 Å². The molecule has 0 saturated heterocycles. The minimum atomic E-state index is -5.08. The number of hydrogen-bond donors (Lipinski definition) is 0. The summed E-state index contributed by atoms with van der Waals surface area (Å²) in [5.74, 6) is -1.09. The van der Waals surface area contributed by atoms with Gasteiger partial charge >= 0.3 is 12.5 Å². The highest BCUT2D eigenvalue weighted by Gasteiger charge is 2.38. The van der Waals surface area contributed by atoms with Gasteiger partial charge in [-0.05, 0) is 35.6 Å². The third-order valence-corrected chi connectivity index (χ3v) is 2.27. The van der Waals surface area contributed by atoms with Crippen molar-refractivity contribution in [3.8, 4) is 5.88 Å². The standard InChI is InChI=1S/C8H4F6INO/c1-3-4(7(9,10)11)2-5(15)16-6(3)17-8(12,13)14/h2H,1H3. The Morgan fingerprint density at radius 2 is 1.71 bits per heavy atom. The van der Waals surface area contributed by atoms with Crippen molar-refractivity contribution in [2.75, 3.05) is 0 Å². The molecule has 1 aromatic rings. The minimum absolute atomic E-state index is 0.236. The summed E-state index contributed by atoms with van der Waals surface area (Å²) < 4.78 is 76.4. The van der Waals surface area contributed by atoms with E-state index in [0.717, 1.165) is 6.92 Å². The van der Waals surface area contributed by atoms with E-state index in [1.165, 1.54) is 22.6 Å². The molecule has 0 aliphatic heterocycles. The van der Waals surface area contributed by atoms with E-state index >= 15 is 0 Å². The Morgan fingerprint density at radius 3 is 2.12 bits per heavy atom. The van der Waals surface area contributed by atoms with Crippen molar-refractivity contribution in [1.29, 1.82) is 0 Å². The van der Waals surface area contributed by atoms with Crippen molar-refractivity contribution in [3.05, 3.63) is 20.9 Å². The first-order chi connectivity index (χ1) is 7.50. The smallest absolute Gasteiger partial charge is 0.388 e. The second-order valence-corrected chi connectivity index (χ2v) is 4.07. The van der Waals surface area contributed by atoms with E-state index < -0.39 is 29.5 Å². The van der Waals surface area contributed by atoms with Gasteiger partial charge in [-0.25, -0.2) is 4.98 Å². The third kappa shape index (κ3) is 3.89. The zero-order chi connectivity index (χ0) is 13.4. The number of hydrogen-bond acceptors (Lipinski definition) is 2. The van der Waals surface area contributed by atoms with Crippen LogP contribution in [0, 0.1) is 10.6 Å². The van der Waals surface area contributed by atoms with E-state index in [2.05, 4.69) is 9.72 Å². The Kier molecular flexibility index (Phi) is 3.79. The van der Waals surface area contributed by atoms with Crippen LogP contribution in [0.1, 0.15) is 11.1 Å². The van der Waals surface area contributed by atoms with Crippen molar-refractivity contribution >= 4 is 22.6 Å². The number of nitrogens with zero attached hydrogens (tertiary/aromatic N) is 1. The molecular formula is C8H4F6INO. The normalized spacial score (nSPS) is 12.7. The molecule has 0 atom stereocenters. The van der Waals surface area contributed by atoms with Crippen LogP contribution in [-0.2, 0) is 6.18 Å². The lowest BCUT2D eigenvalue weighted by molar-refractivity contribution is -0.276.